The zero-order valence-corrected chi connectivity index (χ0v) is 13.5. The van der Waals surface area contributed by atoms with E-state index in [-0.39, 0.29) is 11.3 Å². The number of nitrogens with zero attached hydrogens (tertiary/aromatic N) is 1. The van der Waals surface area contributed by atoms with Crippen molar-refractivity contribution in [2.45, 2.75) is 13.8 Å². The van der Waals surface area contributed by atoms with Gasteiger partial charge >= 0.3 is 0 Å². The van der Waals surface area contributed by atoms with Gasteiger partial charge < -0.3 is 5.32 Å². The summed E-state index contributed by atoms with van der Waals surface area (Å²) < 4.78 is 14.4. The normalized spacial score (nSPS) is 10.5. The van der Waals surface area contributed by atoms with Crippen LogP contribution in [0.3, 0.4) is 0 Å². The maximum absolute atomic E-state index is 14.4. The molecule has 0 aliphatic carbocycles. The van der Waals surface area contributed by atoms with Gasteiger partial charge in [-0.2, -0.15) is 0 Å². The molecule has 0 unspecified atom stereocenters. The molecule has 0 saturated heterocycles. The minimum atomic E-state index is -0.546. The zero-order chi connectivity index (χ0) is 17.1. The van der Waals surface area contributed by atoms with E-state index in [9.17, 15) is 9.18 Å². The number of rotatable bonds is 4. The van der Waals surface area contributed by atoms with E-state index < -0.39 is 5.82 Å². The fourth-order valence-electron chi connectivity index (χ4n) is 2.50. The lowest BCUT2D eigenvalue weighted by Crippen LogP contribution is -2.06. The first-order valence-electron chi connectivity index (χ1n) is 7.64. The second-order valence-corrected chi connectivity index (χ2v) is 5.65. The van der Waals surface area contributed by atoms with Gasteiger partial charge in [-0.3, -0.25) is 9.78 Å². The molecule has 0 radical (unpaired) electrons. The Morgan fingerprint density at radius 1 is 1.00 bits per heavy atom. The summed E-state index contributed by atoms with van der Waals surface area (Å²) in [4.78, 5) is 16.6. The molecule has 1 aromatic heterocycles. The van der Waals surface area contributed by atoms with Crippen LogP contribution in [-0.2, 0) is 0 Å². The van der Waals surface area contributed by atoms with E-state index in [0.29, 0.717) is 11.3 Å². The Balaban J connectivity index is 1.89. The highest BCUT2D eigenvalue weighted by molar-refractivity contribution is 6.10. The van der Waals surface area contributed by atoms with Crippen LogP contribution in [0.2, 0.25) is 0 Å². The predicted molar refractivity (Wildman–Crippen MR) is 93.3 cm³/mol. The van der Waals surface area contributed by atoms with Gasteiger partial charge in [0, 0.05) is 17.4 Å². The lowest BCUT2D eigenvalue weighted by Gasteiger charge is -2.11. The average molecular weight is 320 g/mol. The second-order valence-electron chi connectivity index (χ2n) is 5.65. The molecule has 0 bridgehead atoms. The van der Waals surface area contributed by atoms with E-state index in [2.05, 4.69) is 10.3 Å². The number of pyridine rings is 1. The van der Waals surface area contributed by atoms with Crippen molar-refractivity contribution in [1.29, 1.82) is 0 Å². The van der Waals surface area contributed by atoms with Crippen molar-refractivity contribution in [3.63, 3.8) is 0 Å². The number of nitrogens with one attached hydrogen (secondary N) is 1. The van der Waals surface area contributed by atoms with Crippen LogP contribution in [0.5, 0.6) is 0 Å². The van der Waals surface area contributed by atoms with E-state index in [4.69, 9.17) is 0 Å². The molecule has 2 aromatic carbocycles. The quantitative estimate of drug-likeness (QED) is 0.701. The first-order chi connectivity index (χ1) is 11.6. The number of carbonyl (C=O) groups is 1. The highest BCUT2D eigenvalue weighted by Crippen LogP contribution is 2.23. The van der Waals surface area contributed by atoms with Crippen molar-refractivity contribution in [3.05, 3.63) is 89.0 Å². The van der Waals surface area contributed by atoms with E-state index in [1.54, 1.807) is 30.6 Å². The Bertz CT molecular complexity index is 906. The van der Waals surface area contributed by atoms with Crippen molar-refractivity contribution >= 4 is 17.2 Å². The van der Waals surface area contributed by atoms with Crippen molar-refractivity contribution < 1.29 is 9.18 Å². The third kappa shape index (κ3) is 3.18. The molecule has 3 nitrogen and oxygen atoms in total. The standard InChI is InChI=1S/C20H17FN2O/c1-13-5-3-4-6-16(13)20(24)17-8-7-15(11-18(17)21)23-19-12-22-10-9-14(19)2/h3-12,23H,1-2H3. The molecule has 0 amide bonds. The number of hydrogen-bond donors (Lipinski definition) is 1. The smallest absolute Gasteiger partial charge is 0.196 e. The Morgan fingerprint density at radius 2 is 1.79 bits per heavy atom. The van der Waals surface area contributed by atoms with Crippen LogP contribution < -0.4 is 5.32 Å². The summed E-state index contributed by atoms with van der Waals surface area (Å²) in [6, 6.07) is 13.6. The predicted octanol–water partition coefficient (Wildman–Crippen LogP) is 4.81. The van der Waals surface area contributed by atoms with E-state index in [1.807, 2.05) is 32.0 Å². The van der Waals surface area contributed by atoms with Gasteiger partial charge in [-0.05, 0) is 49.2 Å². The largest absolute Gasteiger partial charge is 0.354 e. The molecule has 0 saturated carbocycles. The minimum absolute atomic E-state index is 0.0674. The molecular weight excluding hydrogens is 303 g/mol. The summed E-state index contributed by atoms with van der Waals surface area (Å²) in [5, 5.41) is 3.12. The highest BCUT2D eigenvalue weighted by Gasteiger charge is 2.16. The number of hydrogen-bond acceptors (Lipinski definition) is 3. The zero-order valence-electron chi connectivity index (χ0n) is 13.5. The summed E-state index contributed by atoms with van der Waals surface area (Å²) >= 11 is 0. The van der Waals surface area contributed by atoms with Gasteiger partial charge in [0.2, 0.25) is 0 Å². The molecule has 0 aliphatic heterocycles. The molecule has 24 heavy (non-hydrogen) atoms. The number of aromatic nitrogens is 1. The summed E-state index contributed by atoms with van der Waals surface area (Å²) in [6.07, 6.45) is 3.38. The van der Waals surface area contributed by atoms with E-state index in [1.165, 1.54) is 12.1 Å². The van der Waals surface area contributed by atoms with E-state index >= 15 is 0 Å². The molecule has 0 atom stereocenters. The molecule has 1 heterocycles. The minimum Gasteiger partial charge on any atom is -0.354 e. The van der Waals surface area contributed by atoms with E-state index in [0.717, 1.165) is 16.8 Å². The Kier molecular flexibility index (Phi) is 4.38. The first kappa shape index (κ1) is 15.9. The Morgan fingerprint density at radius 3 is 2.50 bits per heavy atom. The highest BCUT2D eigenvalue weighted by atomic mass is 19.1. The van der Waals surface area contributed by atoms with Gasteiger partial charge in [0.25, 0.3) is 0 Å². The molecule has 4 heteroatoms. The summed E-state index contributed by atoms with van der Waals surface area (Å²) in [5.41, 5.74) is 3.79. The van der Waals surface area contributed by atoms with Gasteiger partial charge in [-0.15, -0.1) is 0 Å². The van der Waals surface area contributed by atoms with Crippen LogP contribution >= 0.6 is 0 Å². The van der Waals surface area contributed by atoms with Crippen molar-refractivity contribution in [2.24, 2.45) is 0 Å². The van der Waals surface area contributed by atoms with Gasteiger partial charge in [-0.1, -0.05) is 24.3 Å². The lowest BCUT2D eigenvalue weighted by atomic mass is 9.98. The summed E-state index contributed by atoms with van der Waals surface area (Å²) in [5.74, 6) is -0.857. The van der Waals surface area contributed by atoms with Crippen molar-refractivity contribution in [1.82, 2.24) is 4.98 Å². The fourth-order valence-corrected chi connectivity index (χ4v) is 2.50. The Labute approximate surface area is 140 Å². The third-order valence-corrected chi connectivity index (χ3v) is 3.92. The SMILES string of the molecule is Cc1ccncc1Nc1ccc(C(=O)c2ccccc2C)c(F)c1. The first-order valence-corrected chi connectivity index (χ1v) is 7.64. The average Bonchev–Trinajstić information content (AvgIpc) is 2.57. The van der Waals surface area contributed by atoms with Crippen LogP contribution in [-0.4, -0.2) is 10.8 Å². The van der Waals surface area contributed by atoms with Gasteiger partial charge in [-0.25, -0.2) is 4.39 Å². The number of aryl methyl sites for hydroxylation is 2. The number of benzene rings is 2. The molecule has 3 rings (SSSR count). The van der Waals surface area contributed by atoms with Crippen LogP contribution in [0.15, 0.2) is 60.9 Å². The molecular formula is C20H17FN2O. The lowest BCUT2D eigenvalue weighted by molar-refractivity contribution is 0.103. The maximum atomic E-state index is 14.4. The molecule has 1 N–H and O–H groups in total. The second kappa shape index (κ2) is 6.62. The monoisotopic (exact) mass is 320 g/mol. The topological polar surface area (TPSA) is 42.0 Å². The Hall–Kier alpha value is -3.01. The van der Waals surface area contributed by atoms with Gasteiger partial charge in [0.1, 0.15) is 5.82 Å². The molecule has 0 fully saturated rings. The molecule has 120 valence electrons. The van der Waals surface area contributed by atoms with Gasteiger partial charge in [0.05, 0.1) is 17.4 Å². The van der Waals surface area contributed by atoms with Crippen LogP contribution in [0.1, 0.15) is 27.0 Å². The number of carbonyl (C=O) groups excluding carboxylic acids is 1. The maximum Gasteiger partial charge on any atom is 0.196 e. The number of ketones is 1. The van der Waals surface area contributed by atoms with Crippen molar-refractivity contribution in [3.8, 4) is 0 Å². The van der Waals surface area contributed by atoms with Crippen molar-refractivity contribution in [2.75, 3.05) is 5.32 Å². The van der Waals surface area contributed by atoms with Crippen LogP contribution in [0, 0.1) is 19.7 Å². The molecule has 0 spiro atoms. The number of anilines is 2. The molecule has 0 aliphatic rings. The van der Waals surface area contributed by atoms with Gasteiger partial charge in [0.15, 0.2) is 5.78 Å². The number of halogens is 1. The summed E-state index contributed by atoms with van der Waals surface area (Å²) in [6.45, 7) is 3.78. The molecule has 3 aromatic rings. The third-order valence-electron chi connectivity index (χ3n) is 3.92. The fraction of sp³-hybridized carbons (Fsp3) is 0.100. The van der Waals surface area contributed by atoms with Crippen LogP contribution in [0.4, 0.5) is 15.8 Å². The summed E-state index contributed by atoms with van der Waals surface area (Å²) in [7, 11) is 0. The van der Waals surface area contributed by atoms with Crippen LogP contribution in [0.25, 0.3) is 0 Å².